The molecule has 100 valence electrons. The molecule has 0 aliphatic heterocycles. The zero-order valence-electron chi connectivity index (χ0n) is 10.5. The fourth-order valence-corrected chi connectivity index (χ4v) is 2.46. The average Bonchev–Trinajstić information content (AvgIpc) is 2.45. The predicted molar refractivity (Wildman–Crippen MR) is 83.3 cm³/mol. The molecule has 0 amide bonds. The molecule has 1 N–H and O–H groups in total. The summed E-state index contributed by atoms with van der Waals surface area (Å²) in [6.07, 6.45) is 0. The molecule has 0 aliphatic rings. The van der Waals surface area contributed by atoms with Gasteiger partial charge in [0.1, 0.15) is 5.82 Å². The molecule has 20 heavy (non-hydrogen) atoms. The van der Waals surface area contributed by atoms with Crippen LogP contribution in [0.3, 0.4) is 0 Å². The third-order valence-electron chi connectivity index (χ3n) is 2.95. The molecule has 2 aromatic carbocycles. The van der Waals surface area contributed by atoms with Crippen LogP contribution in [0.15, 0.2) is 48.5 Å². The summed E-state index contributed by atoms with van der Waals surface area (Å²) in [6, 6.07) is 15.6. The van der Waals surface area contributed by atoms with E-state index in [1.165, 1.54) is 0 Å². The van der Waals surface area contributed by atoms with Crippen molar-refractivity contribution in [3.63, 3.8) is 0 Å². The smallest absolute Gasteiger partial charge is 0.224 e. The third kappa shape index (κ3) is 2.69. The molecule has 0 aliphatic carbocycles. The van der Waals surface area contributed by atoms with Crippen LogP contribution in [0.2, 0.25) is 10.3 Å². The van der Waals surface area contributed by atoms with Gasteiger partial charge in [0.25, 0.3) is 0 Å². The molecule has 0 saturated heterocycles. The van der Waals surface area contributed by atoms with Gasteiger partial charge in [-0.3, -0.25) is 0 Å². The fourth-order valence-electron chi connectivity index (χ4n) is 2.02. The first-order valence-corrected chi connectivity index (χ1v) is 6.89. The normalized spacial score (nSPS) is 10.7. The number of hydrogen-bond acceptors (Lipinski definition) is 3. The number of fused-ring (bicyclic) bond motifs is 1. The highest BCUT2D eigenvalue weighted by molar-refractivity contribution is 6.36. The van der Waals surface area contributed by atoms with E-state index >= 15 is 0 Å². The molecule has 3 rings (SSSR count). The minimum Gasteiger partial charge on any atom is -0.365 e. The molecule has 3 aromatic rings. The molecule has 0 unspecified atom stereocenters. The SMILES string of the molecule is Clc1nc(NCc2ccccc2)c2c(Cl)cccc2n1. The number of rotatable bonds is 3. The molecular formula is C15H11Cl2N3. The summed E-state index contributed by atoms with van der Waals surface area (Å²) >= 11 is 12.2. The highest BCUT2D eigenvalue weighted by Gasteiger charge is 2.09. The van der Waals surface area contributed by atoms with E-state index in [2.05, 4.69) is 15.3 Å². The van der Waals surface area contributed by atoms with Gasteiger partial charge in [0, 0.05) is 6.54 Å². The Morgan fingerprint density at radius 2 is 1.70 bits per heavy atom. The second kappa shape index (κ2) is 5.65. The predicted octanol–water partition coefficient (Wildman–Crippen LogP) is 4.55. The first-order chi connectivity index (χ1) is 9.74. The first kappa shape index (κ1) is 13.2. The van der Waals surface area contributed by atoms with Gasteiger partial charge in [-0.05, 0) is 29.3 Å². The first-order valence-electron chi connectivity index (χ1n) is 6.13. The van der Waals surface area contributed by atoms with Crippen molar-refractivity contribution in [1.82, 2.24) is 9.97 Å². The van der Waals surface area contributed by atoms with Crippen molar-refractivity contribution < 1.29 is 0 Å². The van der Waals surface area contributed by atoms with Gasteiger partial charge in [-0.15, -0.1) is 0 Å². The Bertz CT molecular complexity index is 745. The monoisotopic (exact) mass is 303 g/mol. The summed E-state index contributed by atoms with van der Waals surface area (Å²) in [5, 5.41) is 4.86. The number of hydrogen-bond donors (Lipinski definition) is 1. The second-order valence-electron chi connectivity index (χ2n) is 4.31. The minimum atomic E-state index is 0.204. The average molecular weight is 304 g/mol. The Labute approximate surface area is 126 Å². The number of benzene rings is 2. The number of aromatic nitrogens is 2. The lowest BCUT2D eigenvalue weighted by molar-refractivity contribution is 1.10. The summed E-state index contributed by atoms with van der Waals surface area (Å²) in [7, 11) is 0. The van der Waals surface area contributed by atoms with Crippen molar-refractivity contribution >= 4 is 39.9 Å². The summed E-state index contributed by atoms with van der Waals surface area (Å²) in [5.74, 6) is 0.648. The molecule has 0 atom stereocenters. The van der Waals surface area contributed by atoms with E-state index in [-0.39, 0.29) is 5.28 Å². The Hall–Kier alpha value is -1.84. The van der Waals surface area contributed by atoms with Crippen LogP contribution < -0.4 is 5.32 Å². The highest BCUT2D eigenvalue weighted by atomic mass is 35.5. The van der Waals surface area contributed by atoms with Gasteiger partial charge in [0.15, 0.2) is 0 Å². The summed E-state index contributed by atoms with van der Waals surface area (Å²) < 4.78 is 0. The van der Waals surface area contributed by atoms with Crippen LogP contribution in [0.5, 0.6) is 0 Å². The Balaban J connectivity index is 1.98. The maximum Gasteiger partial charge on any atom is 0.224 e. The second-order valence-corrected chi connectivity index (χ2v) is 5.06. The molecule has 1 heterocycles. The van der Waals surface area contributed by atoms with E-state index in [4.69, 9.17) is 23.2 Å². The molecule has 0 bridgehead atoms. The van der Waals surface area contributed by atoms with E-state index in [1.807, 2.05) is 48.5 Å². The van der Waals surface area contributed by atoms with E-state index in [0.29, 0.717) is 17.4 Å². The lowest BCUT2D eigenvalue weighted by Crippen LogP contribution is -2.03. The maximum atomic E-state index is 6.23. The van der Waals surface area contributed by atoms with Crippen LogP contribution in [0, 0.1) is 0 Å². The van der Waals surface area contributed by atoms with Gasteiger partial charge < -0.3 is 5.32 Å². The Morgan fingerprint density at radius 1 is 0.900 bits per heavy atom. The molecule has 0 radical (unpaired) electrons. The van der Waals surface area contributed by atoms with Crippen molar-refractivity contribution in [3.05, 3.63) is 64.4 Å². The number of nitrogens with one attached hydrogen (secondary N) is 1. The van der Waals surface area contributed by atoms with Gasteiger partial charge in [-0.2, -0.15) is 0 Å². The van der Waals surface area contributed by atoms with Crippen molar-refractivity contribution in [1.29, 1.82) is 0 Å². The van der Waals surface area contributed by atoms with Gasteiger partial charge in [0.2, 0.25) is 5.28 Å². The quantitative estimate of drug-likeness (QED) is 0.721. The lowest BCUT2D eigenvalue weighted by Gasteiger charge is -2.10. The van der Waals surface area contributed by atoms with E-state index in [1.54, 1.807) is 0 Å². The summed E-state index contributed by atoms with van der Waals surface area (Å²) in [4.78, 5) is 8.42. The van der Waals surface area contributed by atoms with Crippen LogP contribution in [0.1, 0.15) is 5.56 Å². The van der Waals surface area contributed by atoms with Gasteiger partial charge in [-0.1, -0.05) is 48.0 Å². The summed E-state index contributed by atoms with van der Waals surface area (Å²) in [5.41, 5.74) is 1.88. The van der Waals surface area contributed by atoms with Gasteiger partial charge in [-0.25, -0.2) is 9.97 Å². The van der Waals surface area contributed by atoms with Crippen molar-refractivity contribution in [2.45, 2.75) is 6.54 Å². The lowest BCUT2D eigenvalue weighted by atomic mass is 10.2. The number of anilines is 1. The van der Waals surface area contributed by atoms with Crippen LogP contribution in [0.4, 0.5) is 5.82 Å². The molecule has 0 spiro atoms. The van der Waals surface area contributed by atoms with Crippen molar-refractivity contribution in [2.24, 2.45) is 0 Å². The standard InChI is InChI=1S/C15H11Cl2N3/c16-11-7-4-8-12-13(11)14(20-15(17)19-12)18-9-10-5-2-1-3-6-10/h1-8H,9H2,(H,18,19,20). The van der Waals surface area contributed by atoms with E-state index in [9.17, 15) is 0 Å². The zero-order chi connectivity index (χ0) is 13.9. The van der Waals surface area contributed by atoms with Crippen LogP contribution in [0.25, 0.3) is 10.9 Å². The molecule has 5 heteroatoms. The molecule has 1 aromatic heterocycles. The van der Waals surface area contributed by atoms with Crippen molar-refractivity contribution in [3.8, 4) is 0 Å². The Kier molecular flexibility index (Phi) is 3.72. The number of nitrogens with zero attached hydrogens (tertiary/aromatic N) is 2. The molecule has 0 fully saturated rings. The van der Waals surface area contributed by atoms with E-state index < -0.39 is 0 Å². The van der Waals surface area contributed by atoms with Gasteiger partial charge in [0.05, 0.1) is 15.9 Å². The Morgan fingerprint density at radius 3 is 2.50 bits per heavy atom. The largest absolute Gasteiger partial charge is 0.365 e. The highest BCUT2D eigenvalue weighted by Crippen LogP contribution is 2.29. The van der Waals surface area contributed by atoms with Crippen LogP contribution >= 0.6 is 23.2 Å². The zero-order valence-corrected chi connectivity index (χ0v) is 12.0. The molecule has 0 saturated carbocycles. The van der Waals surface area contributed by atoms with Crippen LogP contribution in [-0.4, -0.2) is 9.97 Å². The topological polar surface area (TPSA) is 37.8 Å². The van der Waals surface area contributed by atoms with Crippen LogP contribution in [-0.2, 0) is 6.54 Å². The van der Waals surface area contributed by atoms with E-state index in [0.717, 1.165) is 16.5 Å². The summed E-state index contributed by atoms with van der Waals surface area (Å²) in [6.45, 7) is 0.647. The van der Waals surface area contributed by atoms with Gasteiger partial charge >= 0.3 is 0 Å². The van der Waals surface area contributed by atoms with Crippen molar-refractivity contribution in [2.75, 3.05) is 5.32 Å². The third-order valence-corrected chi connectivity index (χ3v) is 3.43. The minimum absolute atomic E-state index is 0.204. The fraction of sp³-hybridized carbons (Fsp3) is 0.0667. The molecule has 3 nitrogen and oxygen atoms in total. The molecular weight excluding hydrogens is 293 g/mol. The maximum absolute atomic E-state index is 6.23. The number of halogens is 2.